The van der Waals surface area contributed by atoms with Crippen LogP contribution in [0.3, 0.4) is 0 Å². The van der Waals surface area contributed by atoms with Crippen molar-refractivity contribution in [3.63, 3.8) is 0 Å². The summed E-state index contributed by atoms with van der Waals surface area (Å²) in [6.45, 7) is 5.80. The van der Waals surface area contributed by atoms with Crippen LogP contribution in [-0.2, 0) is 14.3 Å². The number of carboxylic acids is 2. The second kappa shape index (κ2) is 10.7. The summed E-state index contributed by atoms with van der Waals surface area (Å²) in [5.41, 5.74) is 2.10. The fourth-order valence-electron chi connectivity index (χ4n) is 1.88. The topological polar surface area (TPSA) is 122 Å². The van der Waals surface area contributed by atoms with E-state index in [0.29, 0.717) is 25.7 Å². The molecule has 0 fully saturated rings. The minimum Gasteiger partial charge on any atom is -0.473 e. The largest absolute Gasteiger partial charge is 0.473 e. The van der Waals surface area contributed by atoms with Crippen LogP contribution in [0, 0.1) is 0 Å². The number of aromatic nitrogens is 2. The van der Waals surface area contributed by atoms with E-state index in [4.69, 9.17) is 29.3 Å². The third-order valence-electron chi connectivity index (χ3n) is 2.96. The minimum atomic E-state index is -1.82. The van der Waals surface area contributed by atoms with Gasteiger partial charge in [-0.05, 0) is 26.0 Å². The van der Waals surface area contributed by atoms with E-state index >= 15 is 0 Å². The lowest BCUT2D eigenvalue weighted by molar-refractivity contribution is -0.159. The maximum absolute atomic E-state index is 9.10. The minimum absolute atomic E-state index is 0.523. The molecule has 134 valence electrons. The quantitative estimate of drug-likeness (QED) is 0.561. The zero-order chi connectivity index (χ0) is 17.9. The van der Waals surface area contributed by atoms with Gasteiger partial charge in [-0.3, -0.25) is 0 Å². The summed E-state index contributed by atoms with van der Waals surface area (Å²) in [5.74, 6) is -3.01. The Hall–Kier alpha value is -2.04. The second-order valence-corrected chi connectivity index (χ2v) is 5.36. The molecule has 0 aromatic carbocycles. The number of ether oxygens (including phenoxy) is 2. The highest BCUT2D eigenvalue weighted by molar-refractivity contribution is 6.99. The van der Waals surface area contributed by atoms with Crippen LogP contribution >= 0.6 is 11.7 Å². The van der Waals surface area contributed by atoms with Gasteiger partial charge in [-0.2, -0.15) is 4.37 Å². The summed E-state index contributed by atoms with van der Waals surface area (Å²) < 4.78 is 19.4. The molecule has 9 nitrogen and oxygen atoms in total. The van der Waals surface area contributed by atoms with E-state index < -0.39 is 11.9 Å². The van der Waals surface area contributed by atoms with Crippen molar-refractivity contribution in [2.24, 2.45) is 0 Å². The Bertz CT molecular complexity index is 563. The summed E-state index contributed by atoms with van der Waals surface area (Å²) in [4.78, 5) is 20.5. The first-order valence-electron chi connectivity index (χ1n) is 7.33. The molecule has 1 aliphatic rings. The zero-order valence-electron chi connectivity index (χ0n) is 13.6. The van der Waals surface area contributed by atoms with E-state index in [2.05, 4.69) is 26.8 Å². The number of hydrogen-bond acceptors (Lipinski definition) is 8. The lowest BCUT2D eigenvalue weighted by Gasteiger charge is -2.22. The van der Waals surface area contributed by atoms with Gasteiger partial charge in [0.15, 0.2) is 0 Å². The highest BCUT2D eigenvalue weighted by Crippen LogP contribution is 2.26. The van der Waals surface area contributed by atoms with Crippen molar-refractivity contribution in [2.45, 2.75) is 13.3 Å². The number of carbonyl (C=O) groups is 2. The molecular formula is C14H21N3O6S. The SMILES string of the molecule is CCOCCOc1nsnc1C1=CCCN(C)C1.O=C(O)C(=O)O. The van der Waals surface area contributed by atoms with Crippen LogP contribution in [0.25, 0.3) is 5.57 Å². The van der Waals surface area contributed by atoms with Crippen molar-refractivity contribution < 1.29 is 29.3 Å². The van der Waals surface area contributed by atoms with Crippen molar-refractivity contribution in [3.05, 3.63) is 11.8 Å². The molecule has 24 heavy (non-hydrogen) atoms. The average Bonchev–Trinajstić information content (AvgIpc) is 3.00. The highest BCUT2D eigenvalue weighted by Gasteiger charge is 2.18. The number of carboxylic acid groups (broad SMARTS) is 2. The van der Waals surface area contributed by atoms with Crippen molar-refractivity contribution in [1.29, 1.82) is 0 Å². The van der Waals surface area contributed by atoms with Crippen molar-refractivity contribution in [1.82, 2.24) is 13.6 Å². The first kappa shape index (κ1) is 20.0. The molecule has 0 atom stereocenters. The van der Waals surface area contributed by atoms with Crippen LogP contribution in [-0.4, -0.2) is 75.8 Å². The lowest BCUT2D eigenvalue weighted by atomic mass is 10.1. The van der Waals surface area contributed by atoms with Crippen molar-refractivity contribution >= 4 is 29.2 Å². The molecule has 1 aromatic rings. The number of nitrogens with zero attached hydrogens (tertiary/aromatic N) is 3. The number of rotatable bonds is 6. The number of hydrogen-bond donors (Lipinski definition) is 2. The van der Waals surface area contributed by atoms with Gasteiger partial charge < -0.3 is 24.6 Å². The normalized spacial score (nSPS) is 14.3. The summed E-state index contributed by atoms with van der Waals surface area (Å²) in [5, 5.41) is 14.8. The maximum atomic E-state index is 9.10. The standard InChI is InChI=1S/C12H19N3O2S.C2H2O4/c1-3-16-7-8-17-12-11(13-18-14-12)10-5-4-6-15(2)9-10;3-1(4)2(5)6/h5H,3-4,6-9H2,1-2H3;(H,3,4)(H,5,6). The first-order valence-corrected chi connectivity index (χ1v) is 8.06. The molecule has 2 heterocycles. The third kappa shape index (κ3) is 7.02. The van der Waals surface area contributed by atoms with Gasteiger partial charge in [-0.1, -0.05) is 6.08 Å². The molecule has 0 saturated carbocycles. The van der Waals surface area contributed by atoms with Crippen LogP contribution in [0.15, 0.2) is 6.08 Å². The molecule has 2 N–H and O–H groups in total. The van der Waals surface area contributed by atoms with Gasteiger partial charge in [0, 0.05) is 19.7 Å². The molecule has 10 heteroatoms. The van der Waals surface area contributed by atoms with E-state index in [1.807, 2.05) is 6.92 Å². The van der Waals surface area contributed by atoms with Crippen molar-refractivity contribution in [3.8, 4) is 5.88 Å². The fourth-order valence-corrected chi connectivity index (χ4v) is 2.41. The molecule has 2 rings (SSSR count). The molecule has 0 aliphatic carbocycles. The van der Waals surface area contributed by atoms with E-state index in [1.165, 1.54) is 17.3 Å². The Morgan fingerprint density at radius 3 is 2.58 bits per heavy atom. The lowest BCUT2D eigenvalue weighted by Crippen LogP contribution is -2.25. The van der Waals surface area contributed by atoms with E-state index in [0.717, 1.165) is 25.2 Å². The smallest absolute Gasteiger partial charge is 0.414 e. The second-order valence-electron chi connectivity index (χ2n) is 4.83. The van der Waals surface area contributed by atoms with Gasteiger partial charge in [-0.15, -0.1) is 4.37 Å². The summed E-state index contributed by atoms with van der Waals surface area (Å²) >= 11 is 1.20. The van der Waals surface area contributed by atoms with Gasteiger partial charge in [0.1, 0.15) is 12.3 Å². The van der Waals surface area contributed by atoms with Gasteiger partial charge in [0.2, 0.25) is 0 Å². The van der Waals surface area contributed by atoms with Gasteiger partial charge in [0.05, 0.1) is 18.3 Å². The Morgan fingerprint density at radius 1 is 1.29 bits per heavy atom. The molecule has 0 saturated heterocycles. The van der Waals surface area contributed by atoms with Crippen LogP contribution in [0.5, 0.6) is 5.88 Å². The number of likely N-dealkylation sites (N-methyl/N-ethyl adjacent to an activating group) is 1. The predicted octanol–water partition coefficient (Wildman–Crippen LogP) is 0.828. The van der Waals surface area contributed by atoms with E-state index in [-0.39, 0.29) is 0 Å². The Kier molecular flexibility index (Phi) is 8.90. The third-order valence-corrected chi connectivity index (χ3v) is 3.47. The summed E-state index contributed by atoms with van der Waals surface area (Å²) in [6.07, 6.45) is 3.29. The molecule has 1 aliphatic heterocycles. The Balaban J connectivity index is 0.000000413. The van der Waals surface area contributed by atoms with E-state index in [1.54, 1.807) is 0 Å². The molecule has 0 bridgehead atoms. The van der Waals surface area contributed by atoms with Gasteiger partial charge >= 0.3 is 11.9 Å². The van der Waals surface area contributed by atoms with Gasteiger partial charge in [0.25, 0.3) is 5.88 Å². The molecule has 1 aromatic heterocycles. The summed E-state index contributed by atoms with van der Waals surface area (Å²) in [7, 11) is 2.11. The van der Waals surface area contributed by atoms with Crippen LogP contribution in [0.1, 0.15) is 19.0 Å². The van der Waals surface area contributed by atoms with Crippen LogP contribution in [0.2, 0.25) is 0 Å². The van der Waals surface area contributed by atoms with Crippen LogP contribution < -0.4 is 4.74 Å². The number of aliphatic carboxylic acids is 2. The Labute approximate surface area is 143 Å². The van der Waals surface area contributed by atoms with Crippen LogP contribution in [0.4, 0.5) is 0 Å². The Morgan fingerprint density at radius 2 is 2.00 bits per heavy atom. The molecular weight excluding hydrogens is 338 g/mol. The molecule has 0 amide bonds. The summed E-state index contributed by atoms with van der Waals surface area (Å²) in [6, 6.07) is 0. The molecule has 0 unspecified atom stereocenters. The molecule has 0 spiro atoms. The fraction of sp³-hybridized carbons (Fsp3) is 0.571. The average molecular weight is 359 g/mol. The van der Waals surface area contributed by atoms with E-state index in [9.17, 15) is 0 Å². The zero-order valence-corrected chi connectivity index (χ0v) is 14.4. The monoisotopic (exact) mass is 359 g/mol. The highest BCUT2D eigenvalue weighted by atomic mass is 32.1. The van der Waals surface area contributed by atoms with Gasteiger partial charge in [-0.25, -0.2) is 9.59 Å². The van der Waals surface area contributed by atoms with Crippen molar-refractivity contribution in [2.75, 3.05) is 40.0 Å². The predicted molar refractivity (Wildman–Crippen MR) is 87.3 cm³/mol. The molecule has 0 radical (unpaired) electrons. The first-order chi connectivity index (χ1) is 11.5. The maximum Gasteiger partial charge on any atom is 0.414 e.